The van der Waals surface area contributed by atoms with Crippen LogP contribution in [0.4, 0.5) is 4.79 Å². The van der Waals surface area contributed by atoms with Crippen LogP contribution < -0.4 is 0 Å². The third-order valence-electron chi connectivity index (χ3n) is 5.25. The van der Waals surface area contributed by atoms with E-state index >= 15 is 0 Å². The molecule has 0 bridgehead atoms. The number of rotatable bonds is 10. The van der Waals surface area contributed by atoms with Crippen LogP contribution in [0.15, 0.2) is 59.5 Å². The molecule has 2 N–H and O–H groups in total. The molecule has 170 valence electrons. The summed E-state index contributed by atoms with van der Waals surface area (Å²) in [7, 11) is -4.17. The number of hydrogen-bond acceptors (Lipinski definition) is 4. The smallest absolute Gasteiger partial charge is 0.433 e. The van der Waals surface area contributed by atoms with Crippen LogP contribution in [-0.4, -0.2) is 46.4 Å². The number of hydroxylamine groups is 2. The summed E-state index contributed by atoms with van der Waals surface area (Å²) in [6.45, 7) is 5.60. The quantitative estimate of drug-likeness (QED) is 0.287. The topological polar surface area (TPSA) is 98.1 Å². The molecule has 0 fully saturated rings. The number of hydrogen-bond donors (Lipinski definition) is 2. The molecule has 0 radical (unpaired) electrons. The maximum Gasteiger partial charge on any atom is 0.433 e. The van der Waals surface area contributed by atoms with Gasteiger partial charge in [0.25, 0.3) is 0 Å². The van der Waals surface area contributed by atoms with E-state index in [0.29, 0.717) is 17.0 Å². The molecule has 0 saturated heterocycles. The van der Waals surface area contributed by atoms with Crippen molar-refractivity contribution in [3.63, 3.8) is 0 Å². The Balaban J connectivity index is 2.70. The van der Waals surface area contributed by atoms with Crippen LogP contribution in [0.1, 0.15) is 39.2 Å². The number of sulfonamides is 1. The van der Waals surface area contributed by atoms with Gasteiger partial charge in [-0.05, 0) is 48.6 Å². The van der Waals surface area contributed by atoms with Gasteiger partial charge in [-0.3, -0.25) is 5.21 Å². The third kappa shape index (κ3) is 5.77. The summed E-state index contributed by atoms with van der Waals surface area (Å²) < 4.78 is 28.6. The van der Waals surface area contributed by atoms with E-state index in [1.165, 1.54) is 24.3 Å². The summed E-state index contributed by atoms with van der Waals surface area (Å²) in [6.07, 6.45) is -1.12. The van der Waals surface area contributed by atoms with Gasteiger partial charge < -0.3 is 5.11 Å². The molecule has 0 heterocycles. The number of nitrogens with zero attached hydrogens (tertiary/aromatic N) is 2. The van der Waals surface area contributed by atoms with Crippen molar-refractivity contribution in [3.05, 3.63) is 65.2 Å². The standard InChI is InChI=1S/C22H29ClN2O5S/c1-4-22(25(28)21(26)27,16-18-8-6-5-7-9-18)24(15-14-17(2)3)31(29,30)20-12-10-19(23)11-13-20/h5-13,17,28H,4,14-16H2,1-3H3,(H,26,27). The number of carboxylic acid groups (broad SMARTS) is 1. The van der Waals surface area contributed by atoms with Gasteiger partial charge in [0.15, 0.2) is 0 Å². The Labute approximate surface area is 188 Å². The van der Waals surface area contributed by atoms with Crippen LogP contribution in [-0.2, 0) is 16.4 Å². The lowest BCUT2D eigenvalue weighted by atomic mass is 9.95. The zero-order valence-electron chi connectivity index (χ0n) is 17.9. The van der Waals surface area contributed by atoms with Crippen LogP contribution in [0.2, 0.25) is 5.02 Å². The SMILES string of the molecule is CCC(Cc1ccccc1)(N(O)C(=O)O)N(CCC(C)C)S(=O)(=O)c1ccc(Cl)cc1. The molecule has 2 aromatic carbocycles. The first-order valence-corrected chi connectivity index (χ1v) is 11.9. The van der Waals surface area contributed by atoms with Crippen LogP contribution in [0.25, 0.3) is 0 Å². The van der Waals surface area contributed by atoms with Gasteiger partial charge in [0.2, 0.25) is 10.0 Å². The molecule has 2 rings (SSSR count). The molecule has 31 heavy (non-hydrogen) atoms. The Hall–Kier alpha value is -2.13. The van der Waals surface area contributed by atoms with Gasteiger partial charge in [-0.1, -0.05) is 62.7 Å². The minimum Gasteiger partial charge on any atom is -0.463 e. The first-order valence-electron chi connectivity index (χ1n) is 10.1. The van der Waals surface area contributed by atoms with Crippen LogP contribution in [0.5, 0.6) is 0 Å². The van der Waals surface area contributed by atoms with Crippen molar-refractivity contribution in [1.82, 2.24) is 9.37 Å². The molecule has 1 unspecified atom stereocenters. The lowest BCUT2D eigenvalue weighted by molar-refractivity contribution is -0.182. The normalized spacial score (nSPS) is 13.9. The molecule has 1 amide bonds. The fourth-order valence-corrected chi connectivity index (χ4v) is 5.41. The Kier molecular flexibility index (Phi) is 8.48. The van der Waals surface area contributed by atoms with Gasteiger partial charge in [0.1, 0.15) is 5.66 Å². The Morgan fingerprint density at radius 3 is 2.16 bits per heavy atom. The van der Waals surface area contributed by atoms with Gasteiger partial charge in [-0.25, -0.2) is 13.2 Å². The second-order valence-corrected chi connectivity index (χ2v) is 10.1. The van der Waals surface area contributed by atoms with Gasteiger partial charge in [-0.2, -0.15) is 9.37 Å². The van der Waals surface area contributed by atoms with E-state index in [1.807, 2.05) is 19.9 Å². The van der Waals surface area contributed by atoms with Crippen molar-refractivity contribution in [3.8, 4) is 0 Å². The van der Waals surface area contributed by atoms with Gasteiger partial charge in [0.05, 0.1) is 4.90 Å². The monoisotopic (exact) mass is 468 g/mol. The highest BCUT2D eigenvalue weighted by Gasteiger charge is 2.49. The van der Waals surface area contributed by atoms with Crippen molar-refractivity contribution in [2.24, 2.45) is 5.92 Å². The molecule has 0 spiro atoms. The molecule has 0 aliphatic rings. The predicted molar refractivity (Wildman–Crippen MR) is 120 cm³/mol. The van der Waals surface area contributed by atoms with E-state index in [2.05, 4.69) is 0 Å². The molecular formula is C22H29ClN2O5S. The summed E-state index contributed by atoms with van der Waals surface area (Å²) in [4.78, 5) is 11.9. The fourth-order valence-electron chi connectivity index (χ4n) is 3.48. The number of benzene rings is 2. The summed E-state index contributed by atoms with van der Waals surface area (Å²) in [5, 5.41) is 20.9. The Bertz CT molecular complexity index is 967. The third-order valence-corrected chi connectivity index (χ3v) is 7.47. The highest BCUT2D eigenvalue weighted by Crippen LogP contribution is 2.34. The molecule has 0 aromatic heterocycles. The van der Waals surface area contributed by atoms with Crippen molar-refractivity contribution in [2.75, 3.05) is 6.54 Å². The summed E-state index contributed by atoms with van der Waals surface area (Å²) in [5.74, 6) is 0.158. The predicted octanol–water partition coefficient (Wildman–Crippen LogP) is 5.10. The van der Waals surface area contributed by atoms with Crippen molar-refractivity contribution in [2.45, 2.75) is 50.6 Å². The number of amides is 1. The minimum absolute atomic E-state index is 0.0158. The summed E-state index contributed by atoms with van der Waals surface area (Å²) in [6, 6.07) is 14.6. The lowest BCUT2D eigenvalue weighted by Gasteiger charge is -2.45. The van der Waals surface area contributed by atoms with E-state index in [0.717, 1.165) is 4.31 Å². The average Bonchev–Trinajstić information content (AvgIpc) is 2.73. The molecule has 9 heteroatoms. The highest BCUT2D eigenvalue weighted by molar-refractivity contribution is 7.89. The van der Waals surface area contributed by atoms with Crippen molar-refractivity contribution in [1.29, 1.82) is 0 Å². The molecule has 1 atom stereocenters. The molecule has 0 saturated carbocycles. The zero-order valence-corrected chi connectivity index (χ0v) is 19.5. The summed E-state index contributed by atoms with van der Waals surface area (Å²) in [5.41, 5.74) is -1.04. The average molecular weight is 469 g/mol. The van der Waals surface area contributed by atoms with Gasteiger partial charge in [-0.15, -0.1) is 0 Å². The maximum absolute atomic E-state index is 13.7. The molecule has 2 aromatic rings. The number of halogens is 1. The van der Waals surface area contributed by atoms with Crippen LogP contribution in [0.3, 0.4) is 0 Å². The van der Waals surface area contributed by atoms with E-state index < -0.39 is 21.8 Å². The Morgan fingerprint density at radius 2 is 1.68 bits per heavy atom. The highest BCUT2D eigenvalue weighted by atomic mass is 35.5. The molecule has 0 aliphatic carbocycles. The van der Waals surface area contributed by atoms with Crippen molar-refractivity contribution < 1.29 is 23.5 Å². The zero-order chi connectivity index (χ0) is 23.2. The van der Waals surface area contributed by atoms with Gasteiger partial charge in [0, 0.05) is 18.0 Å². The second kappa shape index (κ2) is 10.5. The van der Waals surface area contributed by atoms with E-state index in [-0.39, 0.29) is 35.3 Å². The fraction of sp³-hybridized carbons (Fsp3) is 0.409. The minimum atomic E-state index is -4.17. The van der Waals surface area contributed by atoms with Crippen molar-refractivity contribution >= 4 is 27.7 Å². The number of carbonyl (C=O) groups is 1. The molecule has 0 aliphatic heterocycles. The first kappa shape index (κ1) is 25.1. The van der Waals surface area contributed by atoms with Crippen LogP contribution in [0, 0.1) is 5.92 Å². The van der Waals surface area contributed by atoms with E-state index in [9.17, 15) is 23.5 Å². The Morgan fingerprint density at radius 1 is 1.10 bits per heavy atom. The largest absolute Gasteiger partial charge is 0.463 e. The second-order valence-electron chi connectivity index (χ2n) is 7.81. The maximum atomic E-state index is 13.7. The lowest BCUT2D eigenvalue weighted by Crippen LogP contribution is -2.64. The van der Waals surface area contributed by atoms with Gasteiger partial charge >= 0.3 is 6.09 Å². The van der Waals surface area contributed by atoms with Crippen LogP contribution >= 0.6 is 11.6 Å². The first-order chi connectivity index (χ1) is 14.5. The van der Waals surface area contributed by atoms with E-state index in [1.54, 1.807) is 31.2 Å². The molecular weight excluding hydrogens is 440 g/mol. The molecule has 7 nitrogen and oxygen atoms in total. The van der Waals surface area contributed by atoms with E-state index in [4.69, 9.17) is 11.6 Å². The summed E-state index contributed by atoms with van der Waals surface area (Å²) >= 11 is 5.93.